The molecule has 0 saturated heterocycles. The van der Waals surface area contributed by atoms with Crippen LogP contribution in [0.3, 0.4) is 0 Å². The van der Waals surface area contributed by atoms with Crippen LogP contribution in [0.25, 0.3) is 11.3 Å². The van der Waals surface area contributed by atoms with Gasteiger partial charge in [0.2, 0.25) is 0 Å². The minimum Gasteiger partial charge on any atom is -0.265 e. The minimum absolute atomic E-state index is 0.531. The summed E-state index contributed by atoms with van der Waals surface area (Å²) in [6, 6.07) is 11.4. The Bertz CT molecular complexity index is 679. The van der Waals surface area contributed by atoms with E-state index in [4.69, 9.17) is 5.10 Å². The van der Waals surface area contributed by atoms with Crippen LogP contribution < -0.4 is 0 Å². The van der Waals surface area contributed by atoms with Gasteiger partial charge < -0.3 is 0 Å². The molecule has 0 bridgehead atoms. The third-order valence-corrected chi connectivity index (χ3v) is 6.15. The molecule has 26 heavy (non-hydrogen) atoms. The Morgan fingerprint density at radius 2 is 1.92 bits per heavy atom. The van der Waals surface area contributed by atoms with E-state index in [-0.39, 0.29) is 0 Å². The number of rotatable bonds is 8. The van der Waals surface area contributed by atoms with Crippen LogP contribution in [0, 0.1) is 5.92 Å². The van der Waals surface area contributed by atoms with E-state index in [2.05, 4.69) is 55.8 Å². The van der Waals surface area contributed by atoms with Gasteiger partial charge in [-0.15, -0.1) is 0 Å². The Hall–Kier alpha value is -1.57. The monoisotopic (exact) mass is 352 g/mol. The Labute approximate surface area is 160 Å². The van der Waals surface area contributed by atoms with Gasteiger partial charge in [0.15, 0.2) is 0 Å². The highest BCUT2D eigenvalue weighted by atomic mass is 15.3. The molecule has 1 aromatic heterocycles. The van der Waals surface area contributed by atoms with E-state index < -0.39 is 0 Å². The Kier molecular flexibility index (Phi) is 6.93. The summed E-state index contributed by atoms with van der Waals surface area (Å²) in [6.45, 7) is 7.87. The number of hydrogen-bond acceptors (Lipinski definition) is 1. The van der Waals surface area contributed by atoms with Gasteiger partial charge in [0.25, 0.3) is 0 Å². The van der Waals surface area contributed by atoms with Gasteiger partial charge in [0, 0.05) is 12.1 Å². The Balaban J connectivity index is 1.84. The fourth-order valence-corrected chi connectivity index (χ4v) is 4.24. The summed E-state index contributed by atoms with van der Waals surface area (Å²) in [5, 5.41) is 5.03. The molecule has 1 fully saturated rings. The van der Waals surface area contributed by atoms with Crippen LogP contribution in [0.1, 0.15) is 89.3 Å². The number of hydrogen-bond donors (Lipinski definition) is 0. The first-order valence-corrected chi connectivity index (χ1v) is 10.9. The molecule has 0 amide bonds. The summed E-state index contributed by atoms with van der Waals surface area (Å²) in [5.41, 5.74) is 5.35. The molecule has 142 valence electrons. The zero-order valence-corrected chi connectivity index (χ0v) is 17.0. The largest absolute Gasteiger partial charge is 0.265 e. The molecule has 3 rings (SSSR count). The van der Waals surface area contributed by atoms with Crippen molar-refractivity contribution in [1.82, 2.24) is 9.78 Å². The van der Waals surface area contributed by atoms with Gasteiger partial charge in [-0.25, -0.2) is 0 Å². The van der Waals surface area contributed by atoms with E-state index in [0.717, 1.165) is 25.3 Å². The SMILES string of the molecule is CCCc1cccc(-c2cc([C@H](C)CC)nn2CCC2CCCCC2)c1. The average Bonchev–Trinajstić information content (AvgIpc) is 3.11. The highest BCUT2D eigenvalue weighted by Crippen LogP contribution is 2.30. The summed E-state index contributed by atoms with van der Waals surface area (Å²) in [5.74, 6) is 1.43. The van der Waals surface area contributed by atoms with Gasteiger partial charge in [-0.3, -0.25) is 4.68 Å². The number of aromatic nitrogens is 2. The molecular formula is C24H36N2. The van der Waals surface area contributed by atoms with Crippen molar-refractivity contribution in [3.8, 4) is 11.3 Å². The summed E-state index contributed by atoms with van der Waals surface area (Å²) >= 11 is 0. The lowest BCUT2D eigenvalue weighted by molar-refractivity contribution is 0.319. The molecule has 0 unspecified atom stereocenters. The molecule has 1 aliphatic rings. The molecule has 1 atom stereocenters. The predicted molar refractivity (Wildman–Crippen MR) is 112 cm³/mol. The quantitative estimate of drug-likeness (QED) is 0.501. The molecular weight excluding hydrogens is 316 g/mol. The first-order chi connectivity index (χ1) is 12.7. The maximum Gasteiger partial charge on any atom is 0.0685 e. The lowest BCUT2D eigenvalue weighted by Crippen LogP contribution is -2.12. The van der Waals surface area contributed by atoms with Crippen molar-refractivity contribution >= 4 is 0 Å². The van der Waals surface area contributed by atoms with Crippen LogP contribution in [-0.2, 0) is 13.0 Å². The molecule has 0 radical (unpaired) electrons. The highest BCUT2D eigenvalue weighted by molar-refractivity contribution is 5.61. The van der Waals surface area contributed by atoms with E-state index in [0.29, 0.717) is 5.92 Å². The van der Waals surface area contributed by atoms with Crippen LogP contribution in [0.15, 0.2) is 30.3 Å². The molecule has 2 nitrogen and oxygen atoms in total. The highest BCUT2D eigenvalue weighted by Gasteiger charge is 2.17. The molecule has 0 spiro atoms. The van der Waals surface area contributed by atoms with E-state index in [1.54, 1.807) is 0 Å². The van der Waals surface area contributed by atoms with Gasteiger partial charge in [-0.1, -0.05) is 77.5 Å². The smallest absolute Gasteiger partial charge is 0.0685 e. The summed E-state index contributed by atoms with van der Waals surface area (Å²) in [7, 11) is 0. The van der Waals surface area contributed by atoms with Crippen molar-refractivity contribution < 1.29 is 0 Å². The van der Waals surface area contributed by atoms with Crippen molar-refractivity contribution in [3.05, 3.63) is 41.6 Å². The maximum absolute atomic E-state index is 5.03. The number of nitrogens with zero attached hydrogens (tertiary/aromatic N) is 2. The van der Waals surface area contributed by atoms with Crippen molar-refractivity contribution in [1.29, 1.82) is 0 Å². The van der Waals surface area contributed by atoms with E-state index in [9.17, 15) is 0 Å². The Morgan fingerprint density at radius 1 is 1.12 bits per heavy atom. The van der Waals surface area contributed by atoms with E-state index in [1.165, 1.54) is 67.5 Å². The molecule has 1 aliphatic carbocycles. The predicted octanol–water partition coefficient (Wildman–Crippen LogP) is 6.99. The topological polar surface area (TPSA) is 17.8 Å². The van der Waals surface area contributed by atoms with Gasteiger partial charge in [0.1, 0.15) is 0 Å². The van der Waals surface area contributed by atoms with Gasteiger partial charge >= 0.3 is 0 Å². The molecule has 0 N–H and O–H groups in total. The van der Waals surface area contributed by atoms with Crippen molar-refractivity contribution in [2.24, 2.45) is 5.92 Å². The van der Waals surface area contributed by atoms with Crippen molar-refractivity contribution in [2.45, 2.75) is 91.0 Å². The Morgan fingerprint density at radius 3 is 2.65 bits per heavy atom. The van der Waals surface area contributed by atoms with Crippen LogP contribution >= 0.6 is 0 Å². The van der Waals surface area contributed by atoms with Gasteiger partial charge in [-0.2, -0.15) is 5.10 Å². The van der Waals surface area contributed by atoms with Crippen LogP contribution in [0.4, 0.5) is 0 Å². The second-order valence-electron chi connectivity index (χ2n) is 8.23. The van der Waals surface area contributed by atoms with Crippen molar-refractivity contribution in [2.75, 3.05) is 0 Å². The summed E-state index contributed by atoms with van der Waals surface area (Å²) in [4.78, 5) is 0. The first kappa shape index (κ1) is 19.2. The zero-order chi connectivity index (χ0) is 18.4. The third kappa shape index (κ3) is 4.78. The maximum atomic E-state index is 5.03. The second kappa shape index (κ2) is 9.39. The van der Waals surface area contributed by atoms with Crippen LogP contribution in [0.2, 0.25) is 0 Å². The fraction of sp³-hybridized carbons (Fsp3) is 0.625. The third-order valence-electron chi connectivity index (χ3n) is 6.15. The van der Waals surface area contributed by atoms with E-state index >= 15 is 0 Å². The minimum atomic E-state index is 0.531. The number of aryl methyl sites for hydroxylation is 2. The molecule has 1 saturated carbocycles. The average molecular weight is 353 g/mol. The lowest BCUT2D eigenvalue weighted by atomic mass is 9.87. The number of benzene rings is 1. The standard InChI is InChI=1S/C24H36N2/c1-4-10-21-13-9-14-22(17-21)24-18-23(19(3)5-2)25-26(24)16-15-20-11-7-6-8-12-20/h9,13-14,17-20H,4-8,10-12,15-16H2,1-3H3/t19-/m1/s1. The van der Waals surface area contributed by atoms with Crippen LogP contribution in [-0.4, -0.2) is 9.78 Å². The van der Waals surface area contributed by atoms with Gasteiger partial charge in [-0.05, 0) is 48.8 Å². The molecule has 2 aromatic rings. The second-order valence-corrected chi connectivity index (χ2v) is 8.23. The normalized spacial score (nSPS) is 16.7. The summed E-state index contributed by atoms with van der Waals surface area (Å²) < 4.78 is 2.31. The molecule has 2 heteroatoms. The fourth-order valence-electron chi connectivity index (χ4n) is 4.24. The lowest BCUT2D eigenvalue weighted by Gasteiger charge is -2.21. The zero-order valence-electron chi connectivity index (χ0n) is 17.0. The molecule has 1 heterocycles. The van der Waals surface area contributed by atoms with Crippen molar-refractivity contribution in [3.63, 3.8) is 0 Å². The molecule has 1 aromatic carbocycles. The molecule has 0 aliphatic heterocycles. The van der Waals surface area contributed by atoms with Gasteiger partial charge in [0.05, 0.1) is 11.4 Å². The summed E-state index contributed by atoms with van der Waals surface area (Å²) in [6.07, 6.45) is 11.9. The van der Waals surface area contributed by atoms with E-state index in [1.807, 2.05) is 0 Å². The van der Waals surface area contributed by atoms with Crippen LogP contribution in [0.5, 0.6) is 0 Å². The first-order valence-electron chi connectivity index (χ1n) is 10.9.